The van der Waals surface area contributed by atoms with Crippen molar-refractivity contribution in [3.05, 3.63) is 0 Å². The Morgan fingerprint density at radius 2 is 1.88 bits per heavy atom. The van der Waals surface area contributed by atoms with Crippen molar-refractivity contribution in [1.82, 2.24) is 5.32 Å². The average Bonchev–Trinajstić information content (AvgIpc) is 2.08. The first-order valence-electron chi connectivity index (χ1n) is 5.51. The number of hydrogen-bond donors (Lipinski definition) is 3. The maximum atomic E-state index is 11.4. The second kappa shape index (κ2) is 6.44. The summed E-state index contributed by atoms with van der Waals surface area (Å²) >= 11 is 0. The van der Waals surface area contributed by atoms with Gasteiger partial charge in [-0.2, -0.15) is 0 Å². The molecule has 0 aromatic rings. The molecule has 0 fully saturated rings. The number of carboxylic acids is 1. The van der Waals surface area contributed by atoms with Crippen LogP contribution < -0.4 is 5.32 Å². The van der Waals surface area contributed by atoms with E-state index in [2.05, 4.69) is 5.32 Å². The van der Waals surface area contributed by atoms with Gasteiger partial charge in [-0.15, -0.1) is 0 Å². The van der Waals surface area contributed by atoms with Crippen molar-refractivity contribution in [3.8, 4) is 0 Å². The molecule has 100 valence electrons. The molecule has 6 nitrogen and oxygen atoms in total. The minimum Gasteiger partial charge on any atom is -0.481 e. The minimum absolute atomic E-state index is 0.120. The lowest BCUT2D eigenvalue weighted by Gasteiger charge is -2.24. The highest BCUT2D eigenvalue weighted by molar-refractivity contribution is 5.69. The molecule has 0 aliphatic heterocycles. The Morgan fingerprint density at radius 1 is 1.35 bits per heavy atom. The molecule has 0 aromatic carbocycles. The van der Waals surface area contributed by atoms with Crippen molar-refractivity contribution in [3.63, 3.8) is 0 Å². The van der Waals surface area contributed by atoms with Crippen LogP contribution in [0.2, 0.25) is 0 Å². The number of aliphatic hydroxyl groups is 1. The molecule has 0 aliphatic carbocycles. The first kappa shape index (κ1) is 15.7. The fourth-order valence-corrected chi connectivity index (χ4v) is 1.17. The van der Waals surface area contributed by atoms with E-state index in [1.54, 1.807) is 20.8 Å². The Bertz CT molecular complexity index is 270. The second-order valence-electron chi connectivity index (χ2n) is 4.93. The van der Waals surface area contributed by atoms with Crippen molar-refractivity contribution in [2.45, 2.75) is 58.3 Å². The second-order valence-corrected chi connectivity index (χ2v) is 4.93. The topological polar surface area (TPSA) is 95.9 Å². The summed E-state index contributed by atoms with van der Waals surface area (Å²) in [5.41, 5.74) is -0.625. The van der Waals surface area contributed by atoms with Gasteiger partial charge >= 0.3 is 12.1 Å². The van der Waals surface area contributed by atoms with Crippen molar-refractivity contribution < 1.29 is 24.5 Å². The third-order valence-corrected chi connectivity index (χ3v) is 1.95. The van der Waals surface area contributed by atoms with Crippen LogP contribution in [0.5, 0.6) is 0 Å². The van der Waals surface area contributed by atoms with Gasteiger partial charge < -0.3 is 20.3 Å². The highest BCUT2D eigenvalue weighted by Gasteiger charge is 2.22. The Labute approximate surface area is 101 Å². The number of ether oxygens (including phenoxy) is 1. The molecule has 0 aliphatic rings. The smallest absolute Gasteiger partial charge is 0.407 e. The summed E-state index contributed by atoms with van der Waals surface area (Å²) in [6.07, 6.45) is -1.45. The van der Waals surface area contributed by atoms with E-state index in [4.69, 9.17) is 9.84 Å². The van der Waals surface area contributed by atoms with Crippen molar-refractivity contribution in [2.24, 2.45) is 0 Å². The first-order chi connectivity index (χ1) is 7.61. The molecule has 0 saturated carbocycles. The zero-order valence-electron chi connectivity index (χ0n) is 10.7. The molecule has 6 heteroatoms. The number of carbonyl (C=O) groups excluding carboxylic acids is 1. The number of nitrogens with one attached hydrogen (secondary N) is 1. The van der Waals surface area contributed by atoms with Crippen LogP contribution >= 0.6 is 0 Å². The van der Waals surface area contributed by atoms with E-state index in [9.17, 15) is 14.7 Å². The standard InChI is InChI=1S/C11H21NO5/c1-7(13)8(5-6-9(14)15)12-10(16)17-11(2,3)4/h7-8,13H,5-6H2,1-4H3,(H,12,16)(H,14,15)/t7?,8-/m0/s1. The molecule has 0 bridgehead atoms. The summed E-state index contributed by atoms with van der Waals surface area (Å²) < 4.78 is 5.02. The van der Waals surface area contributed by atoms with Gasteiger partial charge in [0.2, 0.25) is 0 Å². The fourth-order valence-electron chi connectivity index (χ4n) is 1.17. The van der Waals surface area contributed by atoms with Crippen LogP contribution in [0.25, 0.3) is 0 Å². The molecule has 2 atom stereocenters. The Kier molecular flexibility index (Phi) is 5.95. The normalized spacial score (nSPS) is 14.9. The van der Waals surface area contributed by atoms with Crippen molar-refractivity contribution >= 4 is 12.1 Å². The number of aliphatic hydroxyl groups excluding tert-OH is 1. The maximum absolute atomic E-state index is 11.4. The number of alkyl carbamates (subject to hydrolysis) is 1. The van der Waals surface area contributed by atoms with E-state index in [1.165, 1.54) is 6.92 Å². The molecular weight excluding hydrogens is 226 g/mol. The SMILES string of the molecule is CC(O)[C@H](CCC(=O)O)NC(=O)OC(C)(C)C. The molecule has 0 heterocycles. The quantitative estimate of drug-likeness (QED) is 0.676. The van der Waals surface area contributed by atoms with Gasteiger partial charge in [-0.3, -0.25) is 4.79 Å². The number of hydrogen-bond acceptors (Lipinski definition) is 4. The summed E-state index contributed by atoms with van der Waals surface area (Å²) in [4.78, 5) is 21.8. The molecule has 0 rings (SSSR count). The van der Waals surface area contributed by atoms with Gasteiger partial charge in [0.05, 0.1) is 12.1 Å². The summed E-state index contributed by atoms with van der Waals surface area (Å²) in [5, 5.41) is 20.4. The van der Waals surface area contributed by atoms with Crippen molar-refractivity contribution in [1.29, 1.82) is 0 Å². The monoisotopic (exact) mass is 247 g/mol. The van der Waals surface area contributed by atoms with E-state index >= 15 is 0 Å². The minimum atomic E-state index is -0.971. The summed E-state index contributed by atoms with van der Waals surface area (Å²) in [7, 11) is 0. The van der Waals surface area contributed by atoms with Gasteiger partial charge in [-0.25, -0.2) is 4.79 Å². The number of carbonyl (C=O) groups is 2. The molecular formula is C11H21NO5. The highest BCUT2D eigenvalue weighted by atomic mass is 16.6. The number of carboxylic acid groups (broad SMARTS) is 1. The van der Waals surface area contributed by atoms with E-state index < -0.39 is 29.8 Å². The predicted octanol–water partition coefficient (Wildman–Crippen LogP) is 1.13. The maximum Gasteiger partial charge on any atom is 0.407 e. The number of aliphatic carboxylic acids is 1. The van der Waals surface area contributed by atoms with Crippen LogP contribution in [0.15, 0.2) is 0 Å². The molecule has 1 unspecified atom stereocenters. The van der Waals surface area contributed by atoms with E-state index in [-0.39, 0.29) is 12.8 Å². The molecule has 0 radical (unpaired) electrons. The van der Waals surface area contributed by atoms with Gasteiger partial charge in [0.25, 0.3) is 0 Å². The summed E-state index contributed by atoms with van der Waals surface area (Å²) in [5.74, 6) is -0.971. The largest absolute Gasteiger partial charge is 0.481 e. The fraction of sp³-hybridized carbons (Fsp3) is 0.818. The van der Waals surface area contributed by atoms with Crippen molar-refractivity contribution in [2.75, 3.05) is 0 Å². The number of amides is 1. The Hall–Kier alpha value is -1.30. The molecule has 17 heavy (non-hydrogen) atoms. The molecule has 1 amide bonds. The third-order valence-electron chi connectivity index (χ3n) is 1.95. The lowest BCUT2D eigenvalue weighted by Crippen LogP contribution is -2.44. The van der Waals surface area contributed by atoms with Gasteiger partial charge in [0.15, 0.2) is 0 Å². The first-order valence-corrected chi connectivity index (χ1v) is 5.51. The van der Waals surface area contributed by atoms with Crippen LogP contribution in [-0.2, 0) is 9.53 Å². The number of rotatable bonds is 5. The molecule has 0 spiro atoms. The van der Waals surface area contributed by atoms with Crippen LogP contribution in [0.4, 0.5) is 4.79 Å². The van der Waals surface area contributed by atoms with Crippen LogP contribution in [0.3, 0.4) is 0 Å². The Balaban J connectivity index is 4.25. The Morgan fingerprint density at radius 3 is 2.24 bits per heavy atom. The molecule has 0 aromatic heterocycles. The van der Waals surface area contributed by atoms with E-state index in [0.29, 0.717) is 0 Å². The lowest BCUT2D eigenvalue weighted by molar-refractivity contribution is -0.137. The summed E-state index contributed by atoms with van der Waals surface area (Å²) in [6.45, 7) is 6.66. The lowest BCUT2D eigenvalue weighted by atomic mass is 10.1. The zero-order chi connectivity index (χ0) is 13.6. The van der Waals surface area contributed by atoms with Gasteiger partial charge in [-0.05, 0) is 34.1 Å². The van der Waals surface area contributed by atoms with Crippen LogP contribution in [-0.4, -0.2) is 40.0 Å². The predicted molar refractivity (Wildman–Crippen MR) is 61.7 cm³/mol. The molecule has 3 N–H and O–H groups in total. The van der Waals surface area contributed by atoms with Gasteiger partial charge in [0.1, 0.15) is 5.60 Å². The highest BCUT2D eigenvalue weighted by Crippen LogP contribution is 2.09. The molecule has 0 saturated heterocycles. The van der Waals surface area contributed by atoms with Crippen LogP contribution in [0.1, 0.15) is 40.5 Å². The van der Waals surface area contributed by atoms with Gasteiger partial charge in [0, 0.05) is 6.42 Å². The summed E-state index contributed by atoms with van der Waals surface area (Å²) in [6, 6.07) is -0.624. The third kappa shape index (κ3) is 8.50. The average molecular weight is 247 g/mol. The van der Waals surface area contributed by atoms with Crippen LogP contribution in [0, 0.1) is 0 Å². The van der Waals surface area contributed by atoms with E-state index in [1.807, 2.05) is 0 Å². The zero-order valence-corrected chi connectivity index (χ0v) is 10.7. The van der Waals surface area contributed by atoms with E-state index in [0.717, 1.165) is 0 Å². The van der Waals surface area contributed by atoms with Gasteiger partial charge in [-0.1, -0.05) is 0 Å².